The summed E-state index contributed by atoms with van der Waals surface area (Å²) in [6.45, 7) is 3.36. The van der Waals surface area contributed by atoms with Gasteiger partial charge in [0.1, 0.15) is 11.5 Å². The Labute approximate surface area is 169 Å². The van der Waals surface area contributed by atoms with Gasteiger partial charge in [-0.1, -0.05) is 36.4 Å². The first kappa shape index (κ1) is 20.2. The van der Waals surface area contributed by atoms with Gasteiger partial charge in [-0.2, -0.15) is 0 Å². The maximum atomic E-state index is 12.6. The molecule has 0 radical (unpaired) electrons. The topological polar surface area (TPSA) is 73.9 Å². The first-order valence-corrected chi connectivity index (χ1v) is 9.16. The van der Waals surface area contributed by atoms with Crippen molar-refractivity contribution in [1.82, 2.24) is 0 Å². The van der Waals surface area contributed by atoms with Crippen molar-refractivity contribution in [3.8, 4) is 11.5 Å². The van der Waals surface area contributed by atoms with Crippen molar-refractivity contribution in [3.63, 3.8) is 0 Å². The zero-order valence-corrected chi connectivity index (χ0v) is 16.8. The van der Waals surface area contributed by atoms with Crippen LogP contribution >= 0.6 is 0 Å². The fourth-order valence-corrected chi connectivity index (χ4v) is 3.05. The normalized spacial score (nSPS) is 11.6. The zero-order chi connectivity index (χ0) is 21.0. The van der Waals surface area contributed by atoms with E-state index >= 15 is 0 Å². The predicted molar refractivity (Wildman–Crippen MR) is 112 cm³/mol. The lowest BCUT2D eigenvalue weighted by Crippen LogP contribution is -2.30. The van der Waals surface area contributed by atoms with E-state index in [0.29, 0.717) is 17.2 Å². The summed E-state index contributed by atoms with van der Waals surface area (Å²) in [4.78, 5) is 25.1. The number of hydrogen-bond donors (Lipinski definition) is 1. The Bertz CT molecular complexity index is 1030. The van der Waals surface area contributed by atoms with Crippen molar-refractivity contribution in [2.75, 3.05) is 19.5 Å². The molecule has 3 aromatic carbocycles. The molecule has 0 aliphatic rings. The van der Waals surface area contributed by atoms with Crippen LogP contribution in [0.25, 0.3) is 10.8 Å². The van der Waals surface area contributed by atoms with Crippen molar-refractivity contribution in [1.29, 1.82) is 0 Å². The quantitative estimate of drug-likeness (QED) is 0.630. The second-order valence-corrected chi connectivity index (χ2v) is 6.57. The van der Waals surface area contributed by atoms with E-state index in [1.807, 2.05) is 49.4 Å². The number of nitrogens with one attached hydrogen (secondary N) is 1. The molecule has 1 N–H and O–H groups in total. The highest BCUT2D eigenvalue weighted by Crippen LogP contribution is 2.30. The second-order valence-electron chi connectivity index (χ2n) is 6.57. The minimum absolute atomic E-state index is 0.245. The lowest BCUT2D eigenvalue weighted by Gasteiger charge is -2.16. The number of fused-ring (bicyclic) bond motifs is 1. The van der Waals surface area contributed by atoms with Gasteiger partial charge in [-0.05, 0) is 37.4 Å². The highest BCUT2D eigenvalue weighted by molar-refractivity contribution is 6.04. The Morgan fingerprint density at radius 2 is 1.55 bits per heavy atom. The van der Waals surface area contributed by atoms with Gasteiger partial charge in [0.05, 0.1) is 19.8 Å². The molecule has 0 bridgehead atoms. The van der Waals surface area contributed by atoms with Crippen molar-refractivity contribution in [2.24, 2.45) is 0 Å². The minimum atomic E-state index is -0.986. The van der Waals surface area contributed by atoms with Crippen LogP contribution < -0.4 is 14.8 Å². The highest BCUT2D eigenvalue weighted by Gasteiger charge is 2.21. The van der Waals surface area contributed by atoms with Crippen LogP contribution in [0.2, 0.25) is 0 Å². The number of benzene rings is 3. The predicted octanol–water partition coefficient (Wildman–Crippen LogP) is 4.35. The van der Waals surface area contributed by atoms with Gasteiger partial charge in [-0.25, -0.2) is 4.79 Å². The van der Waals surface area contributed by atoms with Gasteiger partial charge in [0.25, 0.3) is 5.91 Å². The van der Waals surface area contributed by atoms with Gasteiger partial charge in [0.2, 0.25) is 0 Å². The van der Waals surface area contributed by atoms with E-state index in [4.69, 9.17) is 14.2 Å². The molecule has 1 amide bonds. The van der Waals surface area contributed by atoms with Crippen LogP contribution in [0.1, 0.15) is 22.8 Å². The molecule has 3 rings (SSSR count). The fraction of sp³-hybridized carbons (Fsp3) is 0.217. The molecule has 0 aliphatic carbocycles. The average molecular weight is 393 g/mol. The molecule has 0 spiro atoms. The number of ether oxygens (including phenoxy) is 3. The van der Waals surface area contributed by atoms with Crippen LogP contribution in [0.15, 0.2) is 54.6 Å². The highest BCUT2D eigenvalue weighted by atomic mass is 16.5. The molecule has 1 atom stereocenters. The summed E-state index contributed by atoms with van der Waals surface area (Å²) in [7, 11) is 3.02. The smallest absolute Gasteiger partial charge is 0.339 e. The van der Waals surface area contributed by atoms with E-state index < -0.39 is 18.0 Å². The number of esters is 1. The Hall–Kier alpha value is -3.54. The molecule has 150 valence electrons. The number of methoxy groups -OCH3 is 2. The molecule has 0 aromatic heterocycles. The molecule has 0 aliphatic heterocycles. The third-order valence-corrected chi connectivity index (χ3v) is 4.69. The lowest BCUT2D eigenvalue weighted by molar-refractivity contribution is -0.123. The number of rotatable bonds is 6. The van der Waals surface area contributed by atoms with E-state index in [2.05, 4.69) is 5.32 Å². The van der Waals surface area contributed by atoms with E-state index in [0.717, 1.165) is 16.3 Å². The van der Waals surface area contributed by atoms with E-state index in [9.17, 15) is 9.59 Å². The lowest BCUT2D eigenvalue weighted by atomic mass is 10.1. The molecule has 0 saturated carbocycles. The summed E-state index contributed by atoms with van der Waals surface area (Å²) >= 11 is 0. The maximum Gasteiger partial charge on any atom is 0.339 e. The zero-order valence-electron chi connectivity index (χ0n) is 16.8. The molecule has 29 heavy (non-hydrogen) atoms. The number of amides is 1. The molecule has 6 nitrogen and oxygen atoms in total. The summed E-state index contributed by atoms with van der Waals surface area (Å²) in [5.41, 5.74) is 1.68. The molecule has 1 unspecified atom stereocenters. The summed E-state index contributed by atoms with van der Waals surface area (Å²) in [5.74, 6) is -0.0452. The Kier molecular flexibility index (Phi) is 6.02. The van der Waals surface area contributed by atoms with Crippen LogP contribution in [0, 0.1) is 6.92 Å². The molecule has 0 fully saturated rings. The third-order valence-electron chi connectivity index (χ3n) is 4.69. The van der Waals surface area contributed by atoms with E-state index in [1.165, 1.54) is 21.1 Å². The van der Waals surface area contributed by atoms with Crippen LogP contribution in [0.4, 0.5) is 5.69 Å². The van der Waals surface area contributed by atoms with Crippen molar-refractivity contribution in [3.05, 3.63) is 65.7 Å². The Morgan fingerprint density at radius 1 is 0.931 bits per heavy atom. The number of carbonyl (C=O) groups is 2. The SMILES string of the molecule is COc1cc(C(=O)OC(C)C(=O)Nc2cccc3ccccc23)cc(OC)c1C. The molecular weight excluding hydrogens is 370 g/mol. The number of hydrogen-bond acceptors (Lipinski definition) is 5. The van der Waals surface area contributed by atoms with Crippen LogP contribution in [-0.4, -0.2) is 32.2 Å². The van der Waals surface area contributed by atoms with Crippen LogP contribution in [-0.2, 0) is 9.53 Å². The summed E-state index contributed by atoms with van der Waals surface area (Å²) < 4.78 is 15.9. The summed E-state index contributed by atoms with van der Waals surface area (Å²) in [6, 6.07) is 16.5. The Morgan fingerprint density at radius 3 is 2.21 bits per heavy atom. The van der Waals surface area contributed by atoms with Crippen molar-refractivity contribution >= 4 is 28.3 Å². The second kappa shape index (κ2) is 8.65. The van der Waals surface area contributed by atoms with Crippen LogP contribution in [0.5, 0.6) is 11.5 Å². The Balaban J connectivity index is 1.75. The molecule has 0 saturated heterocycles. The largest absolute Gasteiger partial charge is 0.496 e. The van der Waals surface area contributed by atoms with Gasteiger partial charge in [-0.3, -0.25) is 4.79 Å². The molecule has 6 heteroatoms. The van der Waals surface area contributed by atoms with E-state index in [1.54, 1.807) is 12.1 Å². The fourth-order valence-electron chi connectivity index (χ4n) is 3.05. The first-order chi connectivity index (χ1) is 13.9. The van der Waals surface area contributed by atoms with Gasteiger partial charge in [-0.15, -0.1) is 0 Å². The molecule has 3 aromatic rings. The molecular formula is C23H23NO5. The van der Waals surface area contributed by atoms with Crippen molar-refractivity contribution in [2.45, 2.75) is 20.0 Å². The van der Waals surface area contributed by atoms with Crippen molar-refractivity contribution < 1.29 is 23.8 Å². The number of carbonyl (C=O) groups excluding carboxylic acids is 2. The molecule has 0 heterocycles. The number of anilines is 1. The van der Waals surface area contributed by atoms with E-state index in [-0.39, 0.29) is 5.56 Å². The van der Waals surface area contributed by atoms with Gasteiger partial charge >= 0.3 is 5.97 Å². The first-order valence-electron chi connectivity index (χ1n) is 9.16. The standard InChI is InChI=1S/C23H23NO5/c1-14-20(27-3)12-17(13-21(14)28-4)23(26)29-15(2)22(25)24-19-11-7-9-16-8-5-6-10-18(16)19/h5-13,15H,1-4H3,(H,24,25). The third kappa shape index (κ3) is 4.32. The maximum absolute atomic E-state index is 12.6. The summed E-state index contributed by atoms with van der Waals surface area (Å²) in [5, 5.41) is 4.75. The summed E-state index contributed by atoms with van der Waals surface area (Å²) in [6.07, 6.45) is -0.986. The minimum Gasteiger partial charge on any atom is -0.496 e. The van der Waals surface area contributed by atoms with Gasteiger partial charge in [0, 0.05) is 16.6 Å². The van der Waals surface area contributed by atoms with Gasteiger partial charge < -0.3 is 19.5 Å². The average Bonchev–Trinajstić information content (AvgIpc) is 2.74. The monoisotopic (exact) mass is 393 g/mol. The van der Waals surface area contributed by atoms with Gasteiger partial charge in [0.15, 0.2) is 6.10 Å². The van der Waals surface area contributed by atoms with Crippen LogP contribution in [0.3, 0.4) is 0 Å².